The summed E-state index contributed by atoms with van der Waals surface area (Å²) in [5, 5.41) is 3.25. The third kappa shape index (κ3) is 2.27. The lowest BCUT2D eigenvalue weighted by molar-refractivity contribution is 0.548. The van der Waals surface area contributed by atoms with E-state index in [0.717, 1.165) is 12.1 Å². The number of hydrogen-bond acceptors (Lipinski definition) is 3. The fourth-order valence-corrected chi connectivity index (χ4v) is 1.61. The number of nitrogens with zero attached hydrogens (tertiary/aromatic N) is 2. The first-order chi connectivity index (χ1) is 7.29. The molecule has 2 heterocycles. The van der Waals surface area contributed by atoms with E-state index in [1.54, 1.807) is 12.5 Å². The second-order valence-corrected chi connectivity index (χ2v) is 3.64. The molecule has 0 aromatic carbocycles. The SMILES string of the molecule is CNC(Cc1ccoc1)c1cn(C)cn1. The number of hydrogen-bond donors (Lipinski definition) is 1. The van der Waals surface area contributed by atoms with Crippen LogP contribution in [-0.2, 0) is 13.5 Å². The van der Waals surface area contributed by atoms with Crippen LogP contribution in [0.25, 0.3) is 0 Å². The predicted octanol–water partition coefficient (Wildman–Crippen LogP) is 1.52. The van der Waals surface area contributed by atoms with Gasteiger partial charge in [0.05, 0.1) is 30.6 Å². The highest BCUT2D eigenvalue weighted by atomic mass is 16.3. The van der Waals surface area contributed by atoms with E-state index in [9.17, 15) is 0 Å². The summed E-state index contributed by atoms with van der Waals surface area (Å²) in [6, 6.07) is 2.22. The summed E-state index contributed by atoms with van der Waals surface area (Å²) in [5.41, 5.74) is 2.24. The van der Waals surface area contributed by atoms with Crippen molar-refractivity contribution in [1.82, 2.24) is 14.9 Å². The first-order valence-corrected chi connectivity index (χ1v) is 4.96. The first-order valence-electron chi connectivity index (χ1n) is 4.96. The molecule has 80 valence electrons. The van der Waals surface area contributed by atoms with Crippen molar-refractivity contribution in [2.24, 2.45) is 7.05 Å². The van der Waals surface area contributed by atoms with E-state index in [-0.39, 0.29) is 6.04 Å². The Labute approximate surface area is 88.9 Å². The highest BCUT2D eigenvalue weighted by Gasteiger charge is 2.12. The third-order valence-electron chi connectivity index (χ3n) is 2.45. The molecule has 15 heavy (non-hydrogen) atoms. The van der Waals surface area contributed by atoms with Gasteiger partial charge in [0.15, 0.2) is 0 Å². The van der Waals surface area contributed by atoms with Crippen LogP contribution in [0, 0.1) is 0 Å². The average molecular weight is 205 g/mol. The maximum Gasteiger partial charge on any atom is 0.0947 e. The van der Waals surface area contributed by atoms with E-state index >= 15 is 0 Å². The lowest BCUT2D eigenvalue weighted by atomic mass is 10.1. The highest BCUT2D eigenvalue weighted by Crippen LogP contribution is 2.16. The summed E-state index contributed by atoms with van der Waals surface area (Å²) in [5.74, 6) is 0. The van der Waals surface area contributed by atoms with Crippen LogP contribution < -0.4 is 5.32 Å². The van der Waals surface area contributed by atoms with Crippen LogP contribution in [-0.4, -0.2) is 16.6 Å². The Bertz CT molecular complexity index is 405. The molecule has 0 aliphatic carbocycles. The van der Waals surface area contributed by atoms with Gasteiger partial charge in [-0.3, -0.25) is 0 Å². The Kier molecular flexibility index (Phi) is 2.87. The molecule has 0 fully saturated rings. The quantitative estimate of drug-likeness (QED) is 0.822. The van der Waals surface area contributed by atoms with Gasteiger partial charge < -0.3 is 14.3 Å². The summed E-state index contributed by atoms with van der Waals surface area (Å²) >= 11 is 0. The second-order valence-electron chi connectivity index (χ2n) is 3.64. The molecule has 0 saturated heterocycles. The molecule has 2 aromatic rings. The molecule has 1 N–H and O–H groups in total. The number of likely N-dealkylation sites (N-methyl/N-ethyl adjacent to an activating group) is 1. The molecule has 0 saturated carbocycles. The van der Waals surface area contributed by atoms with Gasteiger partial charge in [-0.1, -0.05) is 0 Å². The van der Waals surface area contributed by atoms with Gasteiger partial charge in [0.25, 0.3) is 0 Å². The Morgan fingerprint density at radius 2 is 2.47 bits per heavy atom. The van der Waals surface area contributed by atoms with Crippen molar-refractivity contribution in [1.29, 1.82) is 0 Å². The molecular weight excluding hydrogens is 190 g/mol. The molecule has 4 heteroatoms. The van der Waals surface area contributed by atoms with Gasteiger partial charge >= 0.3 is 0 Å². The number of aromatic nitrogens is 2. The fraction of sp³-hybridized carbons (Fsp3) is 0.364. The van der Waals surface area contributed by atoms with Crippen LogP contribution in [0.5, 0.6) is 0 Å². The van der Waals surface area contributed by atoms with E-state index < -0.39 is 0 Å². The van der Waals surface area contributed by atoms with E-state index in [2.05, 4.69) is 10.3 Å². The van der Waals surface area contributed by atoms with Crippen LogP contribution in [0.4, 0.5) is 0 Å². The van der Waals surface area contributed by atoms with E-state index in [1.807, 2.05) is 37.3 Å². The Hall–Kier alpha value is -1.55. The van der Waals surface area contributed by atoms with Crippen LogP contribution in [0.1, 0.15) is 17.3 Å². The summed E-state index contributed by atoms with van der Waals surface area (Å²) in [6.45, 7) is 0. The lowest BCUT2D eigenvalue weighted by Crippen LogP contribution is -2.18. The lowest BCUT2D eigenvalue weighted by Gasteiger charge is -2.11. The molecule has 2 aromatic heterocycles. The zero-order valence-corrected chi connectivity index (χ0v) is 8.97. The molecule has 0 radical (unpaired) electrons. The molecule has 0 spiro atoms. The van der Waals surface area contributed by atoms with Crippen molar-refractivity contribution in [2.75, 3.05) is 7.05 Å². The van der Waals surface area contributed by atoms with E-state index in [1.165, 1.54) is 5.56 Å². The Balaban J connectivity index is 2.11. The fourth-order valence-electron chi connectivity index (χ4n) is 1.61. The van der Waals surface area contributed by atoms with E-state index in [4.69, 9.17) is 4.42 Å². The minimum absolute atomic E-state index is 0.240. The van der Waals surface area contributed by atoms with Crippen LogP contribution >= 0.6 is 0 Å². The maximum atomic E-state index is 5.05. The second kappa shape index (κ2) is 4.31. The van der Waals surface area contributed by atoms with Gasteiger partial charge in [-0.15, -0.1) is 0 Å². The van der Waals surface area contributed by atoms with Gasteiger partial charge in [0.2, 0.25) is 0 Å². The third-order valence-corrected chi connectivity index (χ3v) is 2.45. The molecule has 0 amide bonds. The molecule has 2 rings (SSSR count). The molecule has 0 aliphatic heterocycles. The zero-order chi connectivity index (χ0) is 10.7. The van der Waals surface area contributed by atoms with Crippen molar-refractivity contribution < 1.29 is 4.42 Å². The molecule has 0 aliphatic rings. The number of nitrogens with one attached hydrogen (secondary N) is 1. The smallest absolute Gasteiger partial charge is 0.0947 e. The minimum atomic E-state index is 0.240. The van der Waals surface area contributed by atoms with Gasteiger partial charge in [-0.05, 0) is 25.1 Å². The number of aryl methyl sites for hydroxylation is 1. The summed E-state index contributed by atoms with van der Waals surface area (Å²) in [7, 11) is 3.92. The van der Waals surface area contributed by atoms with E-state index in [0.29, 0.717) is 0 Å². The molecule has 1 unspecified atom stereocenters. The predicted molar refractivity (Wildman–Crippen MR) is 57.4 cm³/mol. The van der Waals surface area contributed by atoms with Crippen LogP contribution in [0.15, 0.2) is 35.5 Å². The maximum absolute atomic E-state index is 5.05. The largest absolute Gasteiger partial charge is 0.472 e. The Morgan fingerprint density at radius 1 is 1.60 bits per heavy atom. The number of furan rings is 1. The zero-order valence-electron chi connectivity index (χ0n) is 8.97. The van der Waals surface area contributed by atoms with Gasteiger partial charge in [-0.25, -0.2) is 4.98 Å². The molecular formula is C11H15N3O. The van der Waals surface area contributed by atoms with Gasteiger partial charge in [0.1, 0.15) is 0 Å². The molecule has 0 bridgehead atoms. The number of rotatable bonds is 4. The normalized spacial score (nSPS) is 12.9. The highest BCUT2D eigenvalue weighted by molar-refractivity contribution is 5.13. The van der Waals surface area contributed by atoms with Crippen LogP contribution in [0.2, 0.25) is 0 Å². The average Bonchev–Trinajstić information content (AvgIpc) is 2.85. The first kappa shape index (κ1) is 9.98. The van der Waals surface area contributed by atoms with Crippen molar-refractivity contribution in [3.63, 3.8) is 0 Å². The number of imidazole rings is 1. The minimum Gasteiger partial charge on any atom is -0.472 e. The van der Waals surface area contributed by atoms with Crippen LogP contribution in [0.3, 0.4) is 0 Å². The van der Waals surface area contributed by atoms with Crippen molar-refractivity contribution >= 4 is 0 Å². The standard InChI is InChI=1S/C11H15N3O/c1-12-10(5-9-3-4-15-7-9)11-6-14(2)8-13-11/h3-4,6-8,10,12H,5H2,1-2H3. The summed E-state index contributed by atoms with van der Waals surface area (Å²) in [6.07, 6.45) is 8.20. The molecule has 1 atom stereocenters. The molecule has 4 nitrogen and oxygen atoms in total. The van der Waals surface area contributed by atoms with Crippen molar-refractivity contribution in [3.05, 3.63) is 42.4 Å². The monoisotopic (exact) mass is 205 g/mol. The van der Waals surface area contributed by atoms with Crippen molar-refractivity contribution in [2.45, 2.75) is 12.5 Å². The topological polar surface area (TPSA) is 43.0 Å². The Morgan fingerprint density at radius 3 is 3.00 bits per heavy atom. The van der Waals surface area contributed by atoms with Gasteiger partial charge in [-0.2, -0.15) is 0 Å². The summed E-state index contributed by atoms with van der Waals surface area (Å²) in [4.78, 5) is 4.34. The van der Waals surface area contributed by atoms with Crippen molar-refractivity contribution in [3.8, 4) is 0 Å². The summed E-state index contributed by atoms with van der Waals surface area (Å²) < 4.78 is 7.00. The van der Waals surface area contributed by atoms with Gasteiger partial charge in [0, 0.05) is 13.2 Å².